The first kappa shape index (κ1) is 23.0. The number of amides is 4. The van der Waals surface area contributed by atoms with E-state index in [0.717, 1.165) is 0 Å². The molecule has 3 aliphatic rings. The molecule has 5 unspecified atom stereocenters. The molecule has 0 aromatic carbocycles. The van der Waals surface area contributed by atoms with Crippen molar-refractivity contribution >= 4 is 29.6 Å². The molecule has 3 heterocycles. The summed E-state index contributed by atoms with van der Waals surface area (Å²) in [6.45, 7) is 5.65. The lowest BCUT2D eigenvalue weighted by Gasteiger charge is -2.33. The zero-order chi connectivity index (χ0) is 22.9. The summed E-state index contributed by atoms with van der Waals surface area (Å²) in [5.74, 6) is -1.96. The molecule has 0 bridgehead atoms. The first-order valence-corrected chi connectivity index (χ1v) is 11.0. The van der Waals surface area contributed by atoms with Crippen LogP contribution in [0.4, 0.5) is 0 Å². The maximum absolute atomic E-state index is 13.0. The fourth-order valence-electron chi connectivity index (χ4n) is 4.53. The zero-order valence-corrected chi connectivity index (χ0v) is 18.6. The fraction of sp³-hybridized carbons (Fsp3) is 0.762. The minimum absolute atomic E-state index is 0.0354. The third kappa shape index (κ3) is 4.67. The standard InChI is InChI=1S/C21H32N4O6/c1-12-11-17(26)24-9-5-7-15(24)20(29)23(4)14(3)18(27)22-13(2)19(28)25-10-6-8-16(25)21(30)31-12/h12-16H,5-11H2,1-4H3,(H,22,27). The second-order valence-corrected chi connectivity index (χ2v) is 8.74. The average molecular weight is 437 g/mol. The molecule has 5 atom stereocenters. The molecule has 0 aliphatic carbocycles. The van der Waals surface area contributed by atoms with Crippen LogP contribution in [0, 0.1) is 0 Å². The molecule has 172 valence electrons. The summed E-state index contributed by atoms with van der Waals surface area (Å²) in [6, 6.07) is -3.03. The number of carbonyl (C=O) groups is 5. The number of likely N-dealkylation sites (N-methyl/N-ethyl adjacent to an activating group) is 1. The van der Waals surface area contributed by atoms with Crippen LogP contribution >= 0.6 is 0 Å². The normalized spacial score (nSPS) is 33.9. The van der Waals surface area contributed by atoms with Crippen molar-refractivity contribution in [2.75, 3.05) is 20.1 Å². The molecule has 10 nitrogen and oxygen atoms in total. The van der Waals surface area contributed by atoms with E-state index in [0.29, 0.717) is 38.8 Å². The molecule has 0 aromatic rings. The van der Waals surface area contributed by atoms with E-state index in [1.54, 1.807) is 20.8 Å². The van der Waals surface area contributed by atoms with Gasteiger partial charge < -0.3 is 24.8 Å². The average Bonchev–Trinajstić information content (AvgIpc) is 3.40. The Kier molecular flexibility index (Phi) is 6.86. The van der Waals surface area contributed by atoms with Gasteiger partial charge in [-0.25, -0.2) is 4.79 Å². The van der Waals surface area contributed by atoms with Gasteiger partial charge in [-0.1, -0.05) is 0 Å². The highest BCUT2D eigenvalue weighted by Crippen LogP contribution is 2.24. The van der Waals surface area contributed by atoms with Crippen LogP contribution in [0.1, 0.15) is 52.9 Å². The molecule has 4 amide bonds. The van der Waals surface area contributed by atoms with Crippen molar-refractivity contribution < 1.29 is 28.7 Å². The Bertz CT molecular complexity index is 771. The molecule has 31 heavy (non-hydrogen) atoms. The van der Waals surface area contributed by atoms with Gasteiger partial charge >= 0.3 is 5.97 Å². The molecule has 3 fully saturated rings. The SMILES string of the molecule is CC1CC(=O)N2CCCC2C(=O)N(C)C(C)C(=O)NC(C)C(=O)N2CCCC2C(=O)O1. The lowest BCUT2D eigenvalue weighted by atomic mass is 10.1. The second-order valence-electron chi connectivity index (χ2n) is 8.74. The van der Waals surface area contributed by atoms with Crippen molar-refractivity contribution in [1.82, 2.24) is 20.0 Å². The quantitative estimate of drug-likeness (QED) is 0.519. The first-order chi connectivity index (χ1) is 14.6. The lowest BCUT2D eigenvalue weighted by Crippen LogP contribution is -2.56. The van der Waals surface area contributed by atoms with Gasteiger partial charge in [0.15, 0.2) is 0 Å². The summed E-state index contributed by atoms with van der Waals surface area (Å²) in [7, 11) is 1.53. The van der Waals surface area contributed by atoms with E-state index in [1.165, 1.54) is 21.7 Å². The third-order valence-corrected chi connectivity index (χ3v) is 6.48. The van der Waals surface area contributed by atoms with Crippen molar-refractivity contribution in [2.24, 2.45) is 0 Å². The van der Waals surface area contributed by atoms with Crippen LogP contribution in [0.2, 0.25) is 0 Å². The molecule has 0 radical (unpaired) electrons. The first-order valence-electron chi connectivity index (χ1n) is 11.0. The monoisotopic (exact) mass is 436 g/mol. The van der Waals surface area contributed by atoms with Crippen molar-refractivity contribution in [1.29, 1.82) is 0 Å². The van der Waals surface area contributed by atoms with E-state index in [-0.39, 0.29) is 24.1 Å². The Morgan fingerprint density at radius 2 is 1.48 bits per heavy atom. The van der Waals surface area contributed by atoms with Gasteiger partial charge in [0.2, 0.25) is 23.6 Å². The number of nitrogens with one attached hydrogen (secondary N) is 1. The second kappa shape index (κ2) is 9.23. The topological polar surface area (TPSA) is 116 Å². The summed E-state index contributed by atoms with van der Waals surface area (Å²) in [5.41, 5.74) is 0. The van der Waals surface area contributed by atoms with Gasteiger partial charge in [-0.05, 0) is 46.5 Å². The van der Waals surface area contributed by atoms with Gasteiger partial charge in [0.05, 0.1) is 6.42 Å². The minimum atomic E-state index is -0.846. The van der Waals surface area contributed by atoms with Crippen LogP contribution in [0.5, 0.6) is 0 Å². The number of hydrogen-bond donors (Lipinski definition) is 1. The number of ether oxygens (including phenoxy) is 1. The summed E-state index contributed by atoms with van der Waals surface area (Å²) in [5, 5.41) is 2.66. The highest BCUT2D eigenvalue weighted by molar-refractivity contribution is 5.95. The fourth-order valence-corrected chi connectivity index (χ4v) is 4.53. The van der Waals surface area contributed by atoms with Crippen molar-refractivity contribution in [2.45, 2.75) is 83.1 Å². The molecule has 10 heteroatoms. The summed E-state index contributed by atoms with van der Waals surface area (Å²) < 4.78 is 5.49. The molecule has 0 spiro atoms. The van der Waals surface area contributed by atoms with Crippen LogP contribution in [-0.2, 0) is 28.7 Å². The molecular formula is C21H32N4O6. The number of esters is 1. The maximum atomic E-state index is 13.0. The Labute approximate surface area is 182 Å². The smallest absolute Gasteiger partial charge is 0.329 e. The maximum Gasteiger partial charge on any atom is 0.329 e. The van der Waals surface area contributed by atoms with Crippen LogP contribution in [0.15, 0.2) is 0 Å². The molecule has 3 aliphatic heterocycles. The van der Waals surface area contributed by atoms with E-state index in [9.17, 15) is 24.0 Å². The number of nitrogens with zero attached hydrogens (tertiary/aromatic N) is 3. The largest absolute Gasteiger partial charge is 0.461 e. The zero-order valence-electron chi connectivity index (χ0n) is 18.6. The van der Waals surface area contributed by atoms with E-state index < -0.39 is 42.1 Å². The van der Waals surface area contributed by atoms with Crippen LogP contribution < -0.4 is 5.32 Å². The Morgan fingerprint density at radius 1 is 0.871 bits per heavy atom. The van der Waals surface area contributed by atoms with Crippen molar-refractivity contribution in [3.8, 4) is 0 Å². The molecule has 1 N–H and O–H groups in total. The number of carbonyl (C=O) groups excluding carboxylic acids is 5. The van der Waals surface area contributed by atoms with Gasteiger partial charge in [0, 0.05) is 20.1 Å². The Morgan fingerprint density at radius 3 is 2.16 bits per heavy atom. The summed E-state index contributed by atoms with van der Waals surface area (Å²) in [4.78, 5) is 68.5. The molecule has 0 saturated carbocycles. The Hall–Kier alpha value is -2.65. The predicted octanol–water partition coefficient (Wildman–Crippen LogP) is -0.345. The highest BCUT2D eigenvalue weighted by Gasteiger charge is 2.41. The van der Waals surface area contributed by atoms with Crippen LogP contribution in [0.25, 0.3) is 0 Å². The number of hydrogen-bond acceptors (Lipinski definition) is 6. The lowest BCUT2D eigenvalue weighted by molar-refractivity contribution is -0.160. The van der Waals surface area contributed by atoms with Crippen molar-refractivity contribution in [3.63, 3.8) is 0 Å². The summed E-state index contributed by atoms with van der Waals surface area (Å²) >= 11 is 0. The molecule has 3 saturated heterocycles. The number of fused-ring (bicyclic) bond motifs is 2. The van der Waals surface area contributed by atoms with Crippen molar-refractivity contribution in [3.05, 3.63) is 0 Å². The minimum Gasteiger partial charge on any atom is -0.461 e. The molecular weight excluding hydrogens is 404 g/mol. The van der Waals surface area contributed by atoms with E-state index in [1.807, 2.05) is 0 Å². The van der Waals surface area contributed by atoms with Crippen LogP contribution in [-0.4, -0.2) is 94.7 Å². The van der Waals surface area contributed by atoms with E-state index in [2.05, 4.69) is 5.32 Å². The van der Waals surface area contributed by atoms with Gasteiger partial charge in [0.25, 0.3) is 0 Å². The Balaban J connectivity index is 1.88. The molecule has 3 rings (SSSR count). The van der Waals surface area contributed by atoms with Gasteiger partial charge in [0.1, 0.15) is 30.3 Å². The molecule has 0 aromatic heterocycles. The van der Waals surface area contributed by atoms with E-state index >= 15 is 0 Å². The number of rotatable bonds is 0. The number of cyclic esters (lactones) is 1. The van der Waals surface area contributed by atoms with Gasteiger partial charge in [-0.2, -0.15) is 0 Å². The third-order valence-electron chi connectivity index (χ3n) is 6.48. The van der Waals surface area contributed by atoms with Gasteiger partial charge in [-0.3, -0.25) is 19.2 Å². The van der Waals surface area contributed by atoms with Gasteiger partial charge in [-0.15, -0.1) is 0 Å². The predicted molar refractivity (Wildman–Crippen MR) is 109 cm³/mol. The summed E-state index contributed by atoms with van der Waals surface area (Å²) in [6.07, 6.45) is 1.63. The van der Waals surface area contributed by atoms with E-state index in [4.69, 9.17) is 4.74 Å². The highest BCUT2D eigenvalue weighted by atomic mass is 16.5. The van der Waals surface area contributed by atoms with Crippen LogP contribution in [0.3, 0.4) is 0 Å².